The number of fused-ring (bicyclic) bond motifs is 1. The molecule has 5 aromatic rings. The second kappa shape index (κ2) is 13.5. The van der Waals surface area contributed by atoms with Gasteiger partial charge in [-0.25, -0.2) is 13.4 Å². The standard InChI is InChI=1S/C32H33ClN8O4S/c1-20-3-8-26(28(33)13-20)27-14-21-15-35-32(39-24-6-4-23(5-7-24)38-25-9-10-34-17-25)40-30(21)41(31(27)42)19-22-16-36-37-18-29(22)46(43,44)12-11-45-2/h3-8,13-16,18,25,34,38H,9-12,17,19H2,1-2H3,(H,35,39,40). The van der Waals surface area contributed by atoms with E-state index in [4.69, 9.17) is 21.3 Å². The van der Waals surface area contributed by atoms with Crippen molar-refractivity contribution in [3.05, 3.63) is 93.6 Å². The number of anilines is 3. The minimum atomic E-state index is -3.79. The lowest BCUT2D eigenvalue weighted by atomic mass is 10.0. The van der Waals surface area contributed by atoms with E-state index in [9.17, 15) is 13.2 Å². The molecule has 6 rings (SSSR count). The van der Waals surface area contributed by atoms with E-state index in [1.165, 1.54) is 24.1 Å². The van der Waals surface area contributed by atoms with Crippen LogP contribution in [0.4, 0.5) is 17.3 Å². The zero-order valence-electron chi connectivity index (χ0n) is 25.3. The van der Waals surface area contributed by atoms with Gasteiger partial charge in [0.05, 0.1) is 36.2 Å². The second-order valence-electron chi connectivity index (χ2n) is 11.1. The Kier molecular flexibility index (Phi) is 9.27. The van der Waals surface area contributed by atoms with Gasteiger partial charge in [0.1, 0.15) is 5.65 Å². The van der Waals surface area contributed by atoms with Crippen LogP contribution in [0.15, 0.2) is 76.8 Å². The second-order valence-corrected chi connectivity index (χ2v) is 13.6. The number of sulfone groups is 1. The molecule has 12 nitrogen and oxygen atoms in total. The highest BCUT2D eigenvalue weighted by Gasteiger charge is 2.22. The largest absolute Gasteiger partial charge is 0.384 e. The van der Waals surface area contributed by atoms with Crippen molar-refractivity contribution in [3.63, 3.8) is 0 Å². The Hall–Kier alpha value is -4.43. The summed E-state index contributed by atoms with van der Waals surface area (Å²) in [6.45, 7) is 3.71. The average Bonchev–Trinajstić information content (AvgIpc) is 3.56. The summed E-state index contributed by atoms with van der Waals surface area (Å²) in [7, 11) is -2.36. The Morgan fingerprint density at radius 2 is 1.83 bits per heavy atom. The minimum Gasteiger partial charge on any atom is -0.384 e. The molecule has 1 aliphatic heterocycles. The van der Waals surface area contributed by atoms with E-state index in [1.54, 1.807) is 24.4 Å². The summed E-state index contributed by atoms with van der Waals surface area (Å²) in [5.41, 5.74) is 3.77. The number of benzene rings is 2. The first-order valence-electron chi connectivity index (χ1n) is 14.7. The lowest BCUT2D eigenvalue weighted by molar-refractivity contribution is 0.217. The van der Waals surface area contributed by atoms with Crippen molar-refractivity contribution in [2.24, 2.45) is 0 Å². The van der Waals surface area contributed by atoms with Gasteiger partial charge in [-0.05, 0) is 61.9 Å². The van der Waals surface area contributed by atoms with Gasteiger partial charge in [-0.3, -0.25) is 9.36 Å². The summed E-state index contributed by atoms with van der Waals surface area (Å²) < 4.78 is 32.8. The molecule has 3 aromatic heterocycles. The zero-order chi connectivity index (χ0) is 32.3. The molecule has 0 amide bonds. The number of halogens is 1. The molecule has 3 N–H and O–H groups in total. The molecule has 46 heavy (non-hydrogen) atoms. The Morgan fingerprint density at radius 1 is 1.04 bits per heavy atom. The molecular formula is C32H33ClN8O4S. The summed E-state index contributed by atoms with van der Waals surface area (Å²) in [5, 5.41) is 18.8. The van der Waals surface area contributed by atoms with Crippen molar-refractivity contribution in [2.45, 2.75) is 30.8 Å². The molecule has 1 unspecified atom stereocenters. The minimum absolute atomic E-state index is 0.00543. The van der Waals surface area contributed by atoms with Gasteiger partial charge in [0, 0.05) is 64.4 Å². The first kappa shape index (κ1) is 31.5. The third-order valence-corrected chi connectivity index (χ3v) is 9.86. The summed E-state index contributed by atoms with van der Waals surface area (Å²) in [5.74, 6) is 0.0159. The number of rotatable bonds is 11. The third-order valence-electron chi connectivity index (χ3n) is 7.81. The van der Waals surface area contributed by atoms with Gasteiger partial charge < -0.3 is 20.7 Å². The van der Waals surface area contributed by atoms with Gasteiger partial charge in [0.25, 0.3) is 5.56 Å². The van der Waals surface area contributed by atoms with Crippen molar-refractivity contribution in [2.75, 3.05) is 43.2 Å². The van der Waals surface area contributed by atoms with Crippen molar-refractivity contribution >= 4 is 49.8 Å². The maximum atomic E-state index is 14.2. The molecule has 0 spiro atoms. The van der Waals surface area contributed by atoms with Crippen molar-refractivity contribution in [3.8, 4) is 11.1 Å². The van der Waals surface area contributed by atoms with E-state index in [-0.39, 0.29) is 35.3 Å². The maximum Gasteiger partial charge on any atom is 0.260 e. The SMILES string of the molecule is COCCS(=O)(=O)c1cnncc1Cn1c(=O)c(-c2ccc(C)cc2Cl)cc2cnc(Nc3ccc(NC4CCNC4)cc3)nc21. The number of pyridine rings is 1. The predicted octanol–water partition coefficient (Wildman–Crippen LogP) is 4.20. The van der Waals surface area contributed by atoms with Gasteiger partial charge in [-0.1, -0.05) is 23.7 Å². The first-order chi connectivity index (χ1) is 22.2. The van der Waals surface area contributed by atoms with Gasteiger partial charge >= 0.3 is 0 Å². The summed E-state index contributed by atoms with van der Waals surface area (Å²) >= 11 is 6.60. The number of methoxy groups -OCH3 is 1. The molecule has 1 aliphatic rings. The van der Waals surface area contributed by atoms with Crippen molar-refractivity contribution < 1.29 is 13.2 Å². The van der Waals surface area contributed by atoms with Crippen LogP contribution in [-0.4, -0.2) is 71.8 Å². The highest BCUT2D eigenvalue weighted by atomic mass is 35.5. The number of ether oxygens (including phenoxy) is 1. The van der Waals surface area contributed by atoms with Gasteiger partial charge in [-0.2, -0.15) is 15.2 Å². The van der Waals surface area contributed by atoms with Gasteiger partial charge in [0.2, 0.25) is 5.95 Å². The fourth-order valence-corrected chi connectivity index (χ4v) is 7.06. The highest BCUT2D eigenvalue weighted by molar-refractivity contribution is 7.91. The molecular weight excluding hydrogens is 628 g/mol. The molecule has 0 saturated carbocycles. The summed E-state index contributed by atoms with van der Waals surface area (Å²) in [6.07, 6.45) is 5.23. The first-order valence-corrected chi connectivity index (χ1v) is 16.8. The number of nitrogens with one attached hydrogen (secondary N) is 3. The molecule has 2 aromatic carbocycles. The van der Waals surface area contributed by atoms with Crippen molar-refractivity contribution in [1.82, 2.24) is 30.0 Å². The number of hydrogen-bond acceptors (Lipinski definition) is 11. The van der Waals surface area contributed by atoms with E-state index in [0.717, 1.165) is 36.4 Å². The number of nitrogens with zero attached hydrogens (tertiary/aromatic N) is 5. The van der Waals surface area contributed by atoms with E-state index in [1.807, 2.05) is 37.3 Å². The van der Waals surface area contributed by atoms with Crippen LogP contribution in [0.25, 0.3) is 22.2 Å². The molecule has 14 heteroatoms. The lowest BCUT2D eigenvalue weighted by Gasteiger charge is -2.16. The van der Waals surface area contributed by atoms with Crippen molar-refractivity contribution in [1.29, 1.82) is 0 Å². The maximum absolute atomic E-state index is 14.2. The molecule has 1 saturated heterocycles. The quantitative estimate of drug-likeness (QED) is 0.187. The Bertz CT molecular complexity index is 2050. The molecule has 238 valence electrons. The van der Waals surface area contributed by atoms with Crippen LogP contribution in [0.1, 0.15) is 17.5 Å². The molecule has 0 aliphatic carbocycles. The number of aromatic nitrogens is 5. The van der Waals surface area contributed by atoms with Crippen LogP contribution in [0.2, 0.25) is 5.02 Å². The molecule has 0 bridgehead atoms. The fraction of sp³-hybridized carbons (Fsp3) is 0.281. The normalized spacial score (nSPS) is 14.9. The van der Waals surface area contributed by atoms with E-state index in [0.29, 0.717) is 33.2 Å². The highest BCUT2D eigenvalue weighted by Crippen LogP contribution is 2.29. The van der Waals surface area contributed by atoms with Crippen LogP contribution in [0.5, 0.6) is 0 Å². The van der Waals surface area contributed by atoms with E-state index < -0.39 is 15.4 Å². The van der Waals surface area contributed by atoms with Gasteiger partial charge in [-0.15, -0.1) is 0 Å². The van der Waals surface area contributed by atoms with E-state index >= 15 is 0 Å². The van der Waals surface area contributed by atoms with Gasteiger partial charge in [0.15, 0.2) is 9.84 Å². The molecule has 4 heterocycles. The summed E-state index contributed by atoms with van der Waals surface area (Å²) in [6, 6.07) is 15.4. The Balaban J connectivity index is 1.42. The topological polar surface area (TPSA) is 153 Å². The van der Waals surface area contributed by atoms with Crippen LogP contribution < -0.4 is 21.5 Å². The summed E-state index contributed by atoms with van der Waals surface area (Å²) in [4.78, 5) is 23.4. The smallest absolute Gasteiger partial charge is 0.260 e. The zero-order valence-corrected chi connectivity index (χ0v) is 26.9. The Morgan fingerprint density at radius 3 is 2.57 bits per heavy atom. The number of aryl methyl sites for hydroxylation is 1. The fourth-order valence-electron chi connectivity index (χ4n) is 5.40. The molecule has 1 atom stereocenters. The van der Waals surface area contributed by atoms with Crippen LogP contribution >= 0.6 is 11.6 Å². The predicted molar refractivity (Wildman–Crippen MR) is 179 cm³/mol. The van der Waals surface area contributed by atoms with Crippen LogP contribution in [-0.2, 0) is 21.1 Å². The lowest BCUT2D eigenvalue weighted by Crippen LogP contribution is -2.25. The number of hydrogen-bond donors (Lipinski definition) is 3. The molecule has 0 radical (unpaired) electrons. The monoisotopic (exact) mass is 660 g/mol. The average molecular weight is 661 g/mol. The van der Waals surface area contributed by atoms with Crippen LogP contribution in [0, 0.1) is 6.92 Å². The Labute approximate surface area is 271 Å². The van der Waals surface area contributed by atoms with E-state index in [2.05, 4.69) is 31.1 Å². The molecule has 1 fully saturated rings. The van der Waals surface area contributed by atoms with Crippen LogP contribution in [0.3, 0.4) is 0 Å². The third kappa shape index (κ3) is 6.87.